The first-order valence-corrected chi connectivity index (χ1v) is 15.8. The molecule has 47 heavy (non-hydrogen) atoms. The zero-order chi connectivity index (χ0) is 31.1. The van der Waals surface area contributed by atoms with Crippen molar-refractivity contribution in [2.75, 3.05) is 0 Å². The van der Waals surface area contributed by atoms with Gasteiger partial charge >= 0.3 is 0 Å². The molecule has 0 radical (unpaired) electrons. The molecule has 0 aliphatic carbocycles. The fourth-order valence-corrected chi connectivity index (χ4v) is 7.50. The zero-order valence-electron chi connectivity index (χ0n) is 25.2. The van der Waals surface area contributed by atoms with Gasteiger partial charge in [0.25, 0.3) is 0 Å². The second-order valence-corrected chi connectivity index (χ2v) is 12.0. The van der Waals surface area contributed by atoms with Crippen LogP contribution in [-0.4, -0.2) is 9.13 Å². The van der Waals surface area contributed by atoms with Crippen molar-refractivity contribution in [1.82, 2.24) is 9.13 Å². The highest BCUT2D eigenvalue weighted by Gasteiger charge is 2.20. The number of fused-ring (bicyclic) bond motifs is 10. The number of aromatic nitrogens is 2. The van der Waals surface area contributed by atoms with Crippen molar-refractivity contribution in [2.24, 2.45) is 0 Å². The summed E-state index contributed by atoms with van der Waals surface area (Å²) >= 11 is 0. The molecule has 0 saturated carbocycles. The molecule has 0 atom stereocenters. The molecule has 4 heteroatoms. The van der Waals surface area contributed by atoms with Crippen molar-refractivity contribution in [2.45, 2.75) is 0 Å². The number of hydrogen-bond donors (Lipinski definition) is 0. The van der Waals surface area contributed by atoms with Gasteiger partial charge < -0.3 is 13.6 Å². The molecule has 7 aromatic carbocycles. The van der Waals surface area contributed by atoms with E-state index in [9.17, 15) is 5.26 Å². The summed E-state index contributed by atoms with van der Waals surface area (Å²) in [7, 11) is 0. The van der Waals surface area contributed by atoms with Crippen molar-refractivity contribution in [3.8, 4) is 28.6 Å². The Morgan fingerprint density at radius 2 is 1.06 bits per heavy atom. The number of para-hydroxylation sites is 4. The number of furan rings is 1. The summed E-state index contributed by atoms with van der Waals surface area (Å²) in [5.41, 5.74) is 10.8. The van der Waals surface area contributed by atoms with E-state index in [1.807, 2.05) is 30.3 Å². The molecule has 0 aliphatic rings. The summed E-state index contributed by atoms with van der Waals surface area (Å²) in [4.78, 5) is 0. The number of benzene rings is 7. The molecule has 218 valence electrons. The summed E-state index contributed by atoms with van der Waals surface area (Å²) in [6.45, 7) is 0. The second-order valence-electron chi connectivity index (χ2n) is 12.0. The van der Waals surface area contributed by atoms with Crippen LogP contribution in [0, 0.1) is 11.3 Å². The Balaban J connectivity index is 1.12. The molecule has 0 bridgehead atoms. The quantitative estimate of drug-likeness (QED) is 0.203. The standard InChI is InChI=1S/C43H25N3O/c44-26-29-25-28(27-17-20-30(21-18-27)45-37-13-5-1-9-31(37)32-10-2-6-14-38(32)45)19-23-36(29)46-39-15-7-3-12-35(39)42-40(46)24-22-34-33-11-4-8-16-41(33)47-43(34)42/h1-25H. The minimum absolute atomic E-state index is 0.612. The van der Waals surface area contributed by atoms with Gasteiger partial charge in [-0.2, -0.15) is 5.26 Å². The summed E-state index contributed by atoms with van der Waals surface area (Å²) in [5, 5.41) is 17.3. The van der Waals surface area contributed by atoms with Gasteiger partial charge in [-0.15, -0.1) is 0 Å². The molecule has 0 unspecified atom stereocenters. The zero-order valence-corrected chi connectivity index (χ0v) is 25.2. The molecular weight excluding hydrogens is 574 g/mol. The highest BCUT2D eigenvalue weighted by Crippen LogP contribution is 2.41. The van der Waals surface area contributed by atoms with E-state index in [0.717, 1.165) is 66.2 Å². The van der Waals surface area contributed by atoms with Crippen LogP contribution in [0.25, 0.3) is 88.1 Å². The minimum atomic E-state index is 0.612. The van der Waals surface area contributed by atoms with Crippen molar-refractivity contribution in [3.63, 3.8) is 0 Å². The molecule has 0 N–H and O–H groups in total. The van der Waals surface area contributed by atoms with Gasteiger partial charge in [-0.3, -0.25) is 0 Å². The molecule has 0 amide bonds. The predicted molar refractivity (Wildman–Crippen MR) is 193 cm³/mol. The van der Waals surface area contributed by atoms with Crippen molar-refractivity contribution < 1.29 is 4.42 Å². The number of nitrogens with zero attached hydrogens (tertiary/aromatic N) is 3. The first kappa shape index (κ1) is 25.7. The lowest BCUT2D eigenvalue weighted by Crippen LogP contribution is -1.98. The van der Waals surface area contributed by atoms with Gasteiger partial charge in [0.05, 0.1) is 38.7 Å². The predicted octanol–water partition coefficient (Wildman–Crippen LogP) is 11.3. The average Bonchev–Trinajstić information content (AvgIpc) is 3.79. The Morgan fingerprint density at radius 1 is 0.468 bits per heavy atom. The average molecular weight is 600 g/mol. The first-order chi connectivity index (χ1) is 23.3. The molecule has 0 fully saturated rings. The number of rotatable bonds is 3. The Hall–Kier alpha value is -6.57. The molecule has 0 aliphatic heterocycles. The molecular formula is C43H25N3O. The van der Waals surface area contributed by atoms with Gasteiger partial charge in [-0.1, -0.05) is 91.0 Å². The summed E-state index contributed by atoms with van der Waals surface area (Å²) in [6, 6.07) is 55.2. The van der Waals surface area contributed by atoms with Gasteiger partial charge in [-0.05, 0) is 71.8 Å². The summed E-state index contributed by atoms with van der Waals surface area (Å²) < 4.78 is 11.0. The molecule has 4 nitrogen and oxygen atoms in total. The van der Waals surface area contributed by atoms with Crippen LogP contribution in [0.15, 0.2) is 156 Å². The van der Waals surface area contributed by atoms with Crippen LogP contribution in [0.2, 0.25) is 0 Å². The smallest absolute Gasteiger partial charge is 0.145 e. The van der Waals surface area contributed by atoms with Gasteiger partial charge in [0.2, 0.25) is 0 Å². The van der Waals surface area contributed by atoms with Crippen LogP contribution in [0.5, 0.6) is 0 Å². The third-order valence-electron chi connectivity index (χ3n) is 9.58. The number of hydrogen-bond acceptors (Lipinski definition) is 2. The van der Waals surface area contributed by atoms with Gasteiger partial charge in [0.15, 0.2) is 0 Å². The molecule has 0 saturated heterocycles. The van der Waals surface area contributed by atoms with Crippen molar-refractivity contribution >= 4 is 65.6 Å². The van der Waals surface area contributed by atoms with Crippen LogP contribution in [0.1, 0.15) is 5.56 Å². The Kier molecular flexibility index (Phi) is 5.32. The third kappa shape index (κ3) is 3.63. The summed E-state index contributed by atoms with van der Waals surface area (Å²) in [6.07, 6.45) is 0. The van der Waals surface area contributed by atoms with E-state index in [-0.39, 0.29) is 0 Å². The lowest BCUT2D eigenvalue weighted by Gasteiger charge is -2.13. The van der Waals surface area contributed by atoms with E-state index < -0.39 is 0 Å². The van der Waals surface area contributed by atoms with E-state index in [1.165, 1.54) is 21.8 Å². The van der Waals surface area contributed by atoms with E-state index >= 15 is 0 Å². The van der Waals surface area contributed by atoms with Crippen LogP contribution >= 0.6 is 0 Å². The van der Waals surface area contributed by atoms with Gasteiger partial charge in [-0.25, -0.2) is 0 Å². The molecule has 3 aromatic heterocycles. The fourth-order valence-electron chi connectivity index (χ4n) is 7.50. The normalized spacial score (nSPS) is 11.8. The van der Waals surface area contributed by atoms with E-state index in [2.05, 4.69) is 137 Å². The molecule has 10 rings (SSSR count). The number of nitriles is 1. The fraction of sp³-hybridized carbons (Fsp3) is 0. The maximum Gasteiger partial charge on any atom is 0.145 e. The van der Waals surface area contributed by atoms with Crippen LogP contribution in [0.3, 0.4) is 0 Å². The lowest BCUT2D eigenvalue weighted by molar-refractivity contribution is 0.673. The third-order valence-corrected chi connectivity index (χ3v) is 9.58. The highest BCUT2D eigenvalue weighted by molar-refractivity contribution is 6.24. The van der Waals surface area contributed by atoms with Gasteiger partial charge in [0.1, 0.15) is 17.2 Å². The topological polar surface area (TPSA) is 46.8 Å². The Labute approximate surface area is 269 Å². The SMILES string of the molecule is N#Cc1cc(-c2ccc(-n3c4ccccc4c4ccccc43)cc2)ccc1-n1c2ccccc2c2c3oc4ccccc4c3ccc21. The van der Waals surface area contributed by atoms with E-state index in [0.29, 0.717) is 5.56 Å². The maximum absolute atomic E-state index is 10.5. The Bertz CT molecular complexity index is 2860. The monoisotopic (exact) mass is 599 g/mol. The minimum Gasteiger partial charge on any atom is -0.455 e. The summed E-state index contributed by atoms with van der Waals surface area (Å²) in [5.74, 6) is 0. The van der Waals surface area contributed by atoms with Gasteiger partial charge in [0, 0.05) is 32.6 Å². The lowest BCUT2D eigenvalue weighted by atomic mass is 10.0. The molecule has 3 heterocycles. The van der Waals surface area contributed by atoms with Crippen LogP contribution in [-0.2, 0) is 0 Å². The largest absolute Gasteiger partial charge is 0.455 e. The second kappa shape index (κ2) is 9.71. The first-order valence-electron chi connectivity index (χ1n) is 15.8. The molecule has 0 spiro atoms. The van der Waals surface area contributed by atoms with E-state index in [4.69, 9.17) is 4.42 Å². The Morgan fingerprint density at radius 3 is 1.77 bits per heavy atom. The molecule has 10 aromatic rings. The van der Waals surface area contributed by atoms with Crippen LogP contribution < -0.4 is 0 Å². The van der Waals surface area contributed by atoms with Crippen molar-refractivity contribution in [1.29, 1.82) is 5.26 Å². The highest BCUT2D eigenvalue weighted by atomic mass is 16.3. The van der Waals surface area contributed by atoms with E-state index in [1.54, 1.807) is 0 Å². The maximum atomic E-state index is 10.5. The van der Waals surface area contributed by atoms with Crippen LogP contribution in [0.4, 0.5) is 0 Å². The van der Waals surface area contributed by atoms with Crippen molar-refractivity contribution in [3.05, 3.63) is 157 Å².